The van der Waals surface area contributed by atoms with Crippen molar-refractivity contribution in [2.75, 3.05) is 18.9 Å². The Labute approximate surface area is 199 Å². The number of anilines is 1. The van der Waals surface area contributed by atoms with Crippen LogP contribution in [0.5, 0.6) is 0 Å². The Bertz CT molecular complexity index is 1070. The second-order valence-electron chi connectivity index (χ2n) is 7.94. The van der Waals surface area contributed by atoms with Gasteiger partial charge in [-0.2, -0.15) is 0 Å². The third-order valence-corrected chi connectivity index (χ3v) is 5.47. The quantitative estimate of drug-likeness (QED) is 0.489. The summed E-state index contributed by atoms with van der Waals surface area (Å²) in [7, 11) is 1.64. The first-order valence-electron chi connectivity index (χ1n) is 11.4. The van der Waals surface area contributed by atoms with Crippen molar-refractivity contribution in [1.82, 2.24) is 20.1 Å². The highest BCUT2D eigenvalue weighted by molar-refractivity contribution is 5.71. The zero-order valence-electron chi connectivity index (χ0n) is 20.6. The smallest absolute Gasteiger partial charge is 0.238 e. The average molecular weight is 474 g/mol. The lowest BCUT2D eigenvalue weighted by molar-refractivity contribution is -0.122. The van der Waals surface area contributed by atoms with Gasteiger partial charge in [0, 0.05) is 32.3 Å². The van der Waals surface area contributed by atoms with Crippen molar-refractivity contribution in [3.05, 3.63) is 59.6 Å². The van der Waals surface area contributed by atoms with E-state index in [4.69, 9.17) is 4.42 Å². The van der Waals surface area contributed by atoms with Crippen LogP contribution in [0.15, 0.2) is 35.0 Å². The number of amides is 1. The van der Waals surface area contributed by atoms with Gasteiger partial charge in [0.15, 0.2) is 0 Å². The van der Waals surface area contributed by atoms with Gasteiger partial charge < -0.3 is 14.6 Å². The number of benzene rings is 1. The molecule has 7 nitrogen and oxygen atoms in total. The maximum atomic E-state index is 13.5. The Morgan fingerprint density at radius 3 is 2.47 bits per heavy atom. The summed E-state index contributed by atoms with van der Waals surface area (Å²) >= 11 is 0. The van der Waals surface area contributed by atoms with Gasteiger partial charge in [-0.25, -0.2) is 8.78 Å². The molecule has 0 saturated carbocycles. The van der Waals surface area contributed by atoms with Crippen LogP contribution in [-0.2, 0) is 4.79 Å². The van der Waals surface area contributed by atoms with E-state index in [2.05, 4.69) is 27.4 Å². The van der Waals surface area contributed by atoms with Crippen LogP contribution in [0.2, 0.25) is 0 Å². The largest absolute Gasteiger partial charge is 0.423 e. The molecule has 0 spiro atoms. The summed E-state index contributed by atoms with van der Waals surface area (Å²) < 4.78 is 31.9. The molecule has 34 heavy (non-hydrogen) atoms. The van der Waals surface area contributed by atoms with Crippen molar-refractivity contribution >= 4 is 12.1 Å². The third-order valence-electron chi connectivity index (χ3n) is 5.47. The topological polar surface area (TPSA) is 84.2 Å². The van der Waals surface area contributed by atoms with Crippen molar-refractivity contribution in [3.8, 4) is 11.1 Å². The Morgan fingerprint density at radius 1 is 1.15 bits per heavy atom. The molecule has 4 rings (SSSR count). The molecule has 184 valence electrons. The van der Waals surface area contributed by atoms with Gasteiger partial charge in [0.25, 0.3) is 0 Å². The minimum atomic E-state index is -0.405. The molecule has 1 aliphatic rings. The van der Waals surface area contributed by atoms with Crippen molar-refractivity contribution in [2.24, 2.45) is 5.92 Å². The SMILES string of the molecule is CC.CNc1cc(-c2cncc(F)c2)c(C)cc1F.Cc1nnc(C2CC(C)CCN2C=O)o1. The van der Waals surface area contributed by atoms with E-state index in [1.165, 1.54) is 12.1 Å². The molecule has 0 radical (unpaired) electrons. The number of nitrogens with one attached hydrogen (secondary N) is 1. The second-order valence-corrected chi connectivity index (χ2v) is 7.94. The Kier molecular flexibility index (Phi) is 10.1. The predicted octanol–water partition coefficient (Wildman–Crippen LogP) is 5.71. The lowest BCUT2D eigenvalue weighted by Crippen LogP contribution is -2.35. The molecule has 0 bridgehead atoms. The second kappa shape index (κ2) is 12.8. The number of nitrogens with zero attached hydrogens (tertiary/aromatic N) is 4. The maximum Gasteiger partial charge on any atom is 0.238 e. The molecule has 1 N–H and O–H groups in total. The highest BCUT2D eigenvalue weighted by Crippen LogP contribution is 2.32. The van der Waals surface area contributed by atoms with Gasteiger partial charge in [0.2, 0.25) is 18.2 Å². The van der Waals surface area contributed by atoms with Gasteiger partial charge >= 0.3 is 0 Å². The first-order valence-corrected chi connectivity index (χ1v) is 11.4. The van der Waals surface area contributed by atoms with E-state index in [-0.39, 0.29) is 11.9 Å². The van der Waals surface area contributed by atoms with Crippen LogP contribution >= 0.6 is 0 Å². The summed E-state index contributed by atoms with van der Waals surface area (Å²) in [6.07, 6.45) is 5.52. The number of likely N-dealkylation sites (tertiary alicyclic amines) is 1. The summed E-state index contributed by atoms with van der Waals surface area (Å²) in [5, 5.41) is 10.5. The van der Waals surface area contributed by atoms with E-state index in [1.807, 2.05) is 13.8 Å². The minimum Gasteiger partial charge on any atom is -0.423 e. The Morgan fingerprint density at radius 2 is 1.88 bits per heavy atom. The lowest BCUT2D eigenvalue weighted by atomic mass is 9.93. The molecule has 1 aliphatic heterocycles. The molecule has 3 aromatic rings. The number of aryl methyl sites for hydroxylation is 2. The number of pyridine rings is 1. The molecule has 1 aromatic carbocycles. The normalized spacial score (nSPS) is 17.1. The van der Waals surface area contributed by atoms with Crippen LogP contribution in [0.25, 0.3) is 11.1 Å². The molecule has 2 atom stereocenters. The van der Waals surface area contributed by atoms with E-state index in [1.54, 1.807) is 38.1 Å². The fourth-order valence-corrected chi connectivity index (χ4v) is 3.71. The van der Waals surface area contributed by atoms with E-state index in [9.17, 15) is 13.6 Å². The Balaban J connectivity index is 0.000000225. The number of rotatable bonds is 4. The summed E-state index contributed by atoms with van der Waals surface area (Å²) in [6, 6.07) is 4.42. The average Bonchev–Trinajstić information content (AvgIpc) is 3.27. The lowest BCUT2D eigenvalue weighted by Gasteiger charge is -2.33. The van der Waals surface area contributed by atoms with Gasteiger partial charge in [-0.15, -0.1) is 10.2 Å². The number of carbonyl (C=O) groups is 1. The number of hydrogen-bond acceptors (Lipinski definition) is 6. The van der Waals surface area contributed by atoms with Crippen molar-refractivity contribution in [1.29, 1.82) is 0 Å². The summed E-state index contributed by atoms with van der Waals surface area (Å²) in [6.45, 7) is 10.5. The third kappa shape index (κ3) is 6.82. The summed E-state index contributed by atoms with van der Waals surface area (Å²) in [4.78, 5) is 16.4. The van der Waals surface area contributed by atoms with Crippen LogP contribution in [0.4, 0.5) is 14.5 Å². The summed E-state index contributed by atoms with van der Waals surface area (Å²) in [5.74, 6) is 0.981. The molecule has 9 heteroatoms. The van der Waals surface area contributed by atoms with Gasteiger partial charge in [0.1, 0.15) is 17.7 Å². The van der Waals surface area contributed by atoms with Gasteiger partial charge in [-0.05, 0) is 55.0 Å². The monoisotopic (exact) mass is 473 g/mol. The van der Waals surface area contributed by atoms with Crippen LogP contribution in [0.3, 0.4) is 0 Å². The van der Waals surface area contributed by atoms with Crippen molar-refractivity contribution < 1.29 is 18.0 Å². The zero-order valence-corrected chi connectivity index (χ0v) is 20.6. The van der Waals surface area contributed by atoms with E-state index in [0.717, 1.165) is 43.1 Å². The van der Waals surface area contributed by atoms with Crippen molar-refractivity contribution in [3.63, 3.8) is 0 Å². The van der Waals surface area contributed by atoms with E-state index in [0.29, 0.717) is 29.0 Å². The first-order chi connectivity index (χ1) is 16.3. The van der Waals surface area contributed by atoms with E-state index >= 15 is 0 Å². The van der Waals surface area contributed by atoms with Gasteiger partial charge in [-0.1, -0.05) is 20.8 Å². The number of hydrogen-bond donors (Lipinski definition) is 1. The summed E-state index contributed by atoms with van der Waals surface area (Å²) in [5.41, 5.74) is 2.53. The van der Waals surface area contributed by atoms with Crippen molar-refractivity contribution in [2.45, 2.75) is 53.5 Å². The highest BCUT2D eigenvalue weighted by Gasteiger charge is 2.30. The maximum absolute atomic E-state index is 13.5. The fraction of sp³-hybridized carbons (Fsp3) is 0.440. The minimum absolute atomic E-state index is 0.0348. The molecule has 0 aliphatic carbocycles. The van der Waals surface area contributed by atoms with Crippen LogP contribution in [0, 0.1) is 31.4 Å². The van der Waals surface area contributed by atoms with E-state index < -0.39 is 5.82 Å². The zero-order chi connectivity index (χ0) is 25.3. The number of piperidine rings is 1. The molecular formula is C25H33F2N5O2. The standard InChI is InChI=1S/C13H12F2N2.C10H15N3O2.C2H6/c1-8-3-12(15)13(16-2)5-11(8)9-4-10(14)7-17-6-9;1-7-3-4-13(6-14)9(5-7)10-12-11-8(2)15-10;1-2/h3-7,16H,1-2H3;6-7,9H,3-5H2,1-2H3;1-2H3. The molecule has 1 amide bonds. The molecular weight excluding hydrogens is 440 g/mol. The Hall–Kier alpha value is -3.36. The first kappa shape index (κ1) is 26.9. The van der Waals surface area contributed by atoms with Gasteiger partial charge in [-0.3, -0.25) is 9.78 Å². The molecule has 1 saturated heterocycles. The number of halogens is 2. The molecule has 2 aromatic heterocycles. The van der Waals surface area contributed by atoms with Crippen LogP contribution < -0.4 is 5.32 Å². The van der Waals surface area contributed by atoms with Gasteiger partial charge in [0.05, 0.1) is 11.9 Å². The highest BCUT2D eigenvalue weighted by atomic mass is 19.1. The number of carbonyl (C=O) groups excluding carboxylic acids is 1. The molecule has 2 unspecified atom stereocenters. The number of aromatic nitrogens is 3. The predicted molar refractivity (Wildman–Crippen MR) is 128 cm³/mol. The fourth-order valence-electron chi connectivity index (χ4n) is 3.71. The van der Waals surface area contributed by atoms with Crippen LogP contribution in [-0.4, -0.2) is 40.1 Å². The van der Waals surface area contributed by atoms with Crippen LogP contribution in [0.1, 0.15) is 57.0 Å². The molecule has 1 fully saturated rings. The molecule has 3 heterocycles.